The molecule has 1 aromatic rings. The molecule has 1 unspecified atom stereocenters. The van der Waals surface area contributed by atoms with Gasteiger partial charge < -0.3 is 0 Å². The van der Waals surface area contributed by atoms with Gasteiger partial charge in [0.1, 0.15) is 0 Å². The summed E-state index contributed by atoms with van der Waals surface area (Å²) in [6, 6.07) is 7.65. The van der Waals surface area contributed by atoms with E-state index in [4.69, 9.17) is 0 Å². The summed E-state index contributed by atoms with van der Waals surface area (Å²) in [6.07, 6.45) is 0.909. The highest BCUT2D eigenvalue weighted by Gasteiger charge is 2.11. The summed E-state index contributed by atoms with van der Waals surface area (Å²) in [6.45, 7) is 8.45. The van der Waals surface area contributed by atoms with Crippen LogP contribution < -0.4 is 0 Å². The lowest BCUT2D eigenvalue weighted by Crippen LogP contribution is -2.14. The number of carbonyl (C=O) groups is 1. The number of carbonyl (C=O) groups excluding carboxylic acids is 1. The summed E-state index contributed by atoms with van der Waals surface area (Å²) in [5.41, 5.74) is 1.89. The summed E-state index contributed by atoms with van der Waals surface area (Å²) in [5, 5.41) is 0. The lowest BCUT2D eigenvalue weighted by Gasteiger charge is -2.07. The SMILES string of the molecule is CC(C)CCS(=O)CC(=O)c1ccc(C(C)C)cc1. The first-order valence-electron chi connectivity index (χ1n) is 6.88. The molecule has 1 rings (SSSR count). The van der Waals surface area contributed by atoms with Crippen LogP contribution in [0.3, 0.4) is 0 Å². The van der Waals surface area contributed by atoms with E-state index in [1.165, 1.54) is 5.56 Å². The predicted molar refractivity (Wildman–Crippen MR) is 82.2 cm³/mol. The van der Waals surface area contributed by atoms with Crippen molar-refractivity contribution in [3.63, 3.8) is 0 Å². The number of rotatable bonds is 7. The Morgan fingerprint density at radius 2 is 1.68 bits per heavy atom. The van der Waals surface area contributed by atoms with E-state index in [1.807, 2.05) is 24.3 Å². The van der Waals surface area contributed by atoms with Gasteiger partial charge in [-0.05, 0) is 23.8 Å². The van der Waals surface area contributed by atoms with Crippen LogP contribution in [0.4, 0.5) is 0 Å². The van der Waals surface area contributed by atoms with E-state index in [0.29, 0.717) is 23.2 Å². The second-order valence-corrected chi connectivity index (χ2v) is 7.25. The Balaban J connectivity index is 2.56. The molecule has 0 N–H and O–H groups in total. The molecule has 0 aliphatic carbocycles. The van der Waals surface area contributed by atoms with Crippen LogP contribution in [0.15, 0.2) is 24.3 Å². The van der Waals surface area contributed by atoms with E-state index in [1.54, 1.807) is 0 Å². The van der Waals surface area contributed by atoms with Gasteiger partial charge in [0.2, 0.25) is 0 Å². The molecule has 0 heterocycles. The number of hydrogen-bond donors (Lipinski definition) is 0. The van der Waals surface area contributed by atoms with E-state index < -0.39 is 10.8 Å². The molecular formula is C16H24O2S. The summed E-state index contributed by atoms with van der Waals surface area (Å²) in [5.74, 6) is 1.74. The van der Waals surface area contributed by atoms with E-state index in [2.05, 4.69) is 27.7 Å². The molecule has 19 heavy (non-hydrogen) atoms. The van der Waals surface area contributed by atoms with Gasteiger partial charge in [0.25, 0.3) is 0 Å². The number of Topliss-reactive ketones (excluding diaryl/α,β-unsaturated/α-hetero) is 1. The van der Waals surface area contributed by atoms with Gasteiger partial charge in [0.05, 0.1) is 5.75 Å². The minimum absolute atomic E-state index is 0.0163. The topological polar surface area (TPSA) is 34.1 Å². The monoisotopic (exact) mass is 280 g/mol. The molecule has 0 aliphatic rings. The van der Waals surface area contributed by atoms with E-state index in [-0.39, 0.29) is 11.5 Å². The van der Waals surface area contributed by atoms with Crippen LogP contribution in [0, 0.1) is 5.92 Å². The Kier molecular flexibility index (Phi) is 6.43. The fourth-order valence-electron chi connectivity index (χ4n) is 1.72. The molecule has 1 aromatic carbocycles. The average Bonchev–Trinajstić information content (AvgIpc) is 2.36. The van der Waals surface area contributed by atoms with Crippen molar-refractivity contribution >= 4 is 16.6 Å². The fourth-order valence-corrected chi connectivity index (χ4v) is 3.06. The Hall–Kier alpha value is -0.960. The highest BCUT2D eigenvalue weighted by Crippen LogP contribution is 2.15. The molecular weight excluding hydrogens is 256 g/mol. The molecule has 1 atom stereocenters. The Morgan fingerprint density at radius 3 is 2.16 bits per heavy atom. The van der Waals surface area contributed by atoms with Crippen molar-refractivity contribution in [3.8, 4) is 0 Å². The van der Waals surface area contributed by atoms with Crippen molar-refractivity contribution in [3.05, 3.63) is 35.4 Å². The maximum Gasteiger partial charge on any atom is 0.175 e. The van der Waals surface area contributed by atoms with Crippen LogP contribution in [0.5, 0.6) is 0 Å². The molecule has 2 nitrogen and oxygen atoms in total. The zero-order valence-corrected chi connectivity index (χ0v) is 13.1. The highest BCUT2D eigenvalue weighted by molar-refractivity contribution is 7.85. The van der Waals surface area contributed by atoms with Gasteiger partial charge in [0, 0.05) is 22.1 Å². The van der Waals surface area contributed by atoms with Gasteiger partial charge in [-0.3, -0.25) is 9.00 Å². The maximum atomic E-state index is 12.0. The Labute approximate surface area is 119 Å². The molecule has 0 saturated carbocycles. The first-order chi connectivity index (χ1) is 8.90. The first-order valence-corrected chi connectivity index (χ1v) is 8.37. The van der Waals surface area contributed by atoms with E-state index in [9.17, 15) is 9.00 Å². The van der Waals surface area contributed by atoms with Crippen molar-refractivity contribution in [1.82, 2.24) is 0 Å². The van der Waals surface area contributed by atoms with Crippen molar-refractivity contribution in [2.45, 2.75) is 40.0 Å². The molecule has 0 saturated heterocycles. The average molecular weight is 280 g/mol. The summed E-state index contributed by atoms with van der Waals surface area (Å²) >= 11 is 0. The van der Waals surface area contributed by atoms with Crippen molar-refractivity contribution in [2.75, 3.05) is 11.5 Å². The van der Waals surface area contributed by atoms with Gasteiger partial charge in [-0.2, -0.15) is 0 Å². The van der Waals surface area contributed by atoms with Gasteiger partial charge in [-0.25, -0.2) is 0 Å². The van der Waals surface area contributed by atoms with Crippen LogP contribution in [0.25, 0.3) is 0 Å². The van der Waals surface area contributed by atoms with Gasteiger partial charge in [0.15, 0.2) is 5.78 Å². The largest absolute Gasteiger partial charge is 0.293 e. The maximum absolute atomic E-state index is 12.0. The number of ketones is 1. The van der Waals surface area contributed by atoms with Crippen LogP contribution in [-0.2, 0) is 10.8 Å². The zero-order valence-electron chi connectivity index (χ0n) is 12.3. The second kappa shape index (κ2) is 7.59. The number of benzene rings is 1. The van der Waals surface area contributed by atoms with Crippen LogP contribution in [0.2, 0.25) is 0 Å². The first kappa shape index (κ1) is 16.1. The third kappa shape index (κ3) is 5.68. The quantitative estimate of drug-likeness (QED) is 0.712. The molecule has 0 spiro atoms. The minimum Gasteiger partial charge on any atom is -0.293 e. The summed E-state index contributed by atoms with van der Waals surface area (Å²) in [4.78, 5) is 12.0. The highest BCUT2D eigenvalue weighted by atomic mass is 32.2. The molecule has 0 fully saturated rings. The Morgan fingerprint density at radius 1 is 1.11 bits per heavy atom. The fraction of sp³-hybridized carbons (Fsp3) is 0.562. The predicted octanol–water partition coefficient (Wildman–Crippen LogP) is 3.79. The molecule has 0 radical (unpaired) electrons. The van der Waals surface area contributed by atoms with Gasteiger partial charge >= 0.3 is 0 Å². The lowest BCUT2D eigenvalue weighted by atomic mass is 10.0. The number of hydrogen-bond acceptors (Lipinski definition) is 2. The van der Waals surface area contributed by atoms with E-state index >= 15 is 0 Å². The van der Waals surface area contributed by atoms with Crippen LogP contribution in [0.1, 0.15) is 56.0 Å². The lowest BCUT2D eigenvalue weighted by molar-refractivity contribution is 0.102. The molecule has 3 heteroatoms. The minimum atomic E-state index is -1.03. The van der Waals surface area contributed by atoms with Crippen molar-refractivity contribution in [1.29, 1.82) is 0 Å². The molecule has 0 aliphatic heterocycles. The van der Waals surface area contributed by atoms with Crippen molar-refractivity contribution in [2.24, 2.45) is 5.92 Å². The van der Waals surface area contributed by atoms with Gasteiger partial charge in [-0.15, -0.1) is 0 Å². The van der Waals surface area contributed by atoms with Crippen LogP contribution >= 0.6 is 0 Å². The van der Waals surface area contributed by atoms with Gasteiger partial charge in [-0.1, -0.05) is 52.0 Å². The summed E-state index contributed by atoms with van der Waals surface area (Å²) < 4.78 is 11.8. The third-order valence-electron chi connectivity index (χ3n) is 3.11. The molecule has 0 amide bonds. The smallest absolute Gasteiger partial charge is 0.175 e. The zero-order chi connectivity index (χ0) is 14.4. The second-order valence-electron chi connectivity index (χ2n) is 5.67. The Bertz CT molecular complexity index is 433. The molecule has 0 aromatic heterocycles. The molecule has 106 valence electrons. The van der Waals surface area contributed by atoms with Crippen molar-refractivity contribution < 1.29 is 9.00 Å². The standard InChI is InChI=1S/C16H24O2S/c1-12(2)9-10-19(18)11-16(17)15-7-5-14(6-8-15)13(3)4/h5-8,12-13H,9-11H2,1-4H3. The normalized spacial score (nSPS) is 12.9. The molecule has 0 bridgehead atoms. The van der Waals surface area contributed by atoms with E-state index in [0.717, 1.165) is 6.42 Å². The summed E-state index contributed by atoms with van der Waals surface area (Å²) in [7, 11) is -1.03. The third-order valence-corrected chi connectivity index (χ3v) is 4.39. The van der Waals surface area contributed by atoms with Crippen LogP contribution in [-0.4, -0.2) is 21.5 Å².